The Labute approximate surface area is 368 Å². The third kappa shape index (κ3) is 7.42. The maximum atomic E-state index is 5.50. The molecule has 0 spiro atoms. The van der Waals surface area contributed by atoms with Gasteiger partial charge in [-0.2, -0.15) is 0 Å². The Morgan fingerprint density at radius 1 is 0.206 bits per heavy atom. The quantitative estimate of drug-likeness (QED) is 0.166. The first-order chi connectivity index (χ1) is 30.3. The van der Waals surface area contributed by atoms with Crippen LogP contribution in [0.2, 0.25) is 0 Å². The molecule has 3 heterocycles. The molecule has 0 aliphatic heterocycles. The predicted molar refractivity (Wildman–Crippen MR) is 261 cm³/mol. The summed E-state index contributed by atoms with van der Waals surface area (Å²) in [5.74, 6) is 0. The Balaban J connectivity index is 1.34. The highest BCUT2D eigenvalue weighted by Crippen LogP contribution is 2.41. The van der Waals surface area contributed by atoms with Gasteiger partial charge in [0.25, 0.3) is 0 Å². The van der Waals surface area contributed by atoms with Crippen LogP contribution in [0.1, 0.15) is 50.1 Å². The van der Waals surface area contributed by atoms with Gasteiger partial charge in [0.2, 0.25) is 0 Å². The second kappa shape index (κ2) is 15.5. The van der Waals surface area contributed by atoms with Crippen molar-refractivity contribution in [2.45, 2.75) is 62.3 Å². The Morgan fingerprint density at radius 2 is 0.381 bits per heavy atom. The smallest absolute Gasteiger partial charge is 0.0973 e. The van der Waals surface area contributed by atoms with Gasteiger partial charge < -0.3 is 0 Å². The molecule has 0 amide bonds. The maximum Gasteiger partial charge on any atom is 0.0973 e. The molecule has 0 atom stereocenters. The summed E-state index contributed by atoms with van der Waals surface area (Å²) in [7, 11) is 0. The van der Waals surface area contributed by atoms with Crippen LogP contribution in [0.4, 0.5) is 0 Å². The van der Waals surface area contributed by atoms with Crippen LogP contribution in [0.5, 0.6) is 0 Å². The van der Waals surface area contributed by atoms with E-state index in [1.54, 1.807) is 0 Å². The van der Waals surface area contributed by atoms with Crippen molar-refractivity contribution in [1.29, 1.82) is 0 Å². The minimum absolute atomic E-state index is 0.770. The van der Waals surface area contributed by atoms with Crippen LogP contribution in [-0.4, -0.2) is 29.9 Å². The van der Waals surface area contributed by atoms with E-state index in [0.717, 1.165) is 101 Å². The van der Waals surface area contributed by atoms with Crippen LogP contribution in [-0.2, 0) is 0 Å². The van der Waals surface area contributed by atoms with Gasteiger partial charge in [0.1, 0.15) is 0 Å². The zero-order chi connectivity index (χ0) is 43.7. The summed E-state index contributed by atoms with van der Waals surface area (Å²) in [5.41, 5.74) is 26.0. The molecular formula is C57H48N6. The highest BCUT2D eigenvalue weighted by Gasteiger charge is 2.23. The van der Waals surface area contributed by atoms with Gasteiger partial charge in [0.05, 0.1) is 67.3 Å². The summed E-state index contributed by atoms with van der Waals surface area (Å²) >= 11 is 0. The van der Waals surface area contributed by atoms with Crippen molar-refractivity contribution in [3.8, 4) is 67.5 Å². The normalized spacial score (nSPS) is 11.6. The van der Waals surface area contributed by atoms with E-state index in [9.17, 15) is 0 Å². The van der Waals surface area contributed by atoms with Crippen molar-refractivity contribution >= 4 is 33.1 Å². The van der Waals surface area contributed by atoms with E-state index in [1.807, 2.05) is 0 Å². The highest BCUT2D eigenvalue weighted by atomic mass is 14.9. The number of hydrogen-bond acceptors (Lipinski definition) is 6. The van der Waals surface area contributed by atoms with Gasteiger partial charge in [0, 0.05) is 33.4 Å². The average molecular weight is 817 g/mol. The zero-order valence-corrected chi connectivity index (χ0v) is 37.3. The van der Waals surface area contributed by atoms with Crippen LogP contribution in [0.15, 0.2) is 127 Å². The van der Waals surface area contributed by atoms with Crippen LogP contribution < -0.4 is 0 Å². The number of benzene rings is 7. The summed E-state index contributed by atoms with van der Waals surface area (Å²) in [6.45, 7) is 19.1. The van der Waals surface area contributed by atoms with Crippen LogP contribution >= 0.6 is 0 Å². The second-order valence-electron chi connectivity index (χ2n) is 17.4. The molecule has 0 radical (unpaired) electrons. The molecule has 3 aromatic heterocycles. The summed E-state index contributed by atoms with van der Waals surface area (Å²) in [6, 6.07) is 45.2. The zero-order valence-electron chi connectivity index (χ0n) is 37.3. The molecule has 0 aliphatic carbocycles. The molecule has 0 unspecified atom stereocenters. The lowest BCUT2D eigenvalue weighted by Gasteiger charge is -2.18. The molecule has 6 heteroatoms. The summed E-state index contributed by atoms with van der Waals surface area (Å²) in [5, 5.41) is 0. The number of hydrogen-bond donors (Lipinski definition) is 0. The van der Waals surface area contributed by atoms with Gasteiger partial charge in [0.15, 0.2) is 0 Å². The SMILES string of the molecule is Cc1ccc(-c2nc3cc(C)c(C)cc3nc2-c2cc(-c3nc4cc(C)c(C)cc4nc3-c3ccc(C)cc3)cc(-c3nc4cc(C)c(C)cc4nc3-c3ccc(C)cc3)c2)cc1. The van der Waals surface area contributed by atoms with E-state index >= 15 is 0 Å². The van der Waals surface area contributed by atoms with Crippen LogP contribution in [0.25, 0.3) is 101 Å². The van der Waals surface area contributed by atoms with E-state index in [2.05, 4.69) is 190 Å². The summed E-state index contributed by atoms with van der Waals surface area (Å²) in [6.07, 6.45) is 0. The monoisotopic (exact) mass is 816 g/mol. The van der Waals surface area contributed by atoms with E-state index in [4.69, 9.17) is 29.9 Å². The lowest BCUT2D eigenvalue weighted by Crippen LogP contribution is -2.01. The third-order valence-corrected chi connectivity index (χ3v) is 12.6. The molecular weight excluding hydrogens is 769 g/mol. The predicted octanol–water partition coefficient (Wildman–Crippen LogP) is 14.3. The number of aryl methyl sites for hydroxylation is 9. The molecule has 10 rings (SSSR count). The first-order valence-corrected chi connectivity index (χ1v) is 21.6. The Bertz CT molecular complexity index is 3080. The van der Waals surface area contributed by atoms with Crippen molar-refractivity contribution in [3.05, 3.63) is 177 Å². The standard InChI is InChI=1S/C57H48N6/c1-31-10-16-40(17-11-31)52-55(61-49-25-37(7)34(4)22-46(49)58-52)43-28-44(56-53(41-18-12-32(2)13-19-41)59-47-23-35(5)38(8)26-50(47)62-56)30-45(29-43)57-54(42-20-14-33(3)15-21-42)60-48-24-36(6)39(9)27-51(48)63-57/h10-30H,1-9H3. The minimum atomic E-state index is 0.770. The first kappa shape index (κ1) is 39.7. The molecule has 0 saturated carbocycles. The fourth-order valence-electron chi connectivity index (χ4n) is 8.31. The van der Waals surface area contributed by atoms with Crippen LogP contribution in [0, 0.1) is 62.3 Å². The van der Waals surface area contributed by atoms with Gasteiger partial charge in [-0.15, -0.1) is 0 Å². The maximum absolute atomic E-state index is 5.50. The van der Waals surface area contributed by atoms with Crippen LogP contribution in [0.3, 0.4) is 0 Å². The number of rotatable bonds is 6. The number of nitrogens with zero attached hydrogens (tertiary/aromatic N) is 6. The molecule has 0 aliphatic rings. The average Bonchev–Trinajstić information content (AvgIpc) is 3.27. The molecule has 0 N–H and O–H groups in total. The molecule has 0 fully saturated rings. The highest BCUT2D eigenvalue weighted by molar-refractivity contribution is 5.95. The largest absolute Gasteiger partial charge is 0.244 e. The third-order valence-electron chi connectivity index (χ3n) is 12.6. The minimum Gasteiger partial charge on any atom is -0.244 e. The summed E-state index contributed by atoms with van der Waals surface area (Å²) < 4.78 is 0. The van der Waals surface area contributed by atoms with E-state index in [0.29, 0.717) is 0 Å². The van der Waals surface area contributed by atoms with Crippen molar-refractivity contribution < 1.29 is 0 Å². The van der Waals surface area contributed by atoms with Gasteiger partial charge in [-0.05, 0) is 150 Å². The van der Waals surface area contributed by atoms with Crippen molar-refractivity contribution in [2.24, 2.45) is 0 Å². The Kier molecular flexibility index (Phi) is 9.75. The van der Waals surface area contributed by atoms with E-state index < -0.39 is 0 Å². The molecule has 63 heavy (non-hydrogen) atoms. The van der Waals surface area contributed by atoms with Gasteiger partial charge in [-0.3, -0.25) is 0 Å². The molecule has 7 aromatic carbocycles. The molecule has 10 aromatic rings. The molecule has 6 nitrogen and oxygen atoms in total. The first-order valence-electron chi connectivity index (χ1n) is 21.6. The molecule has 306 valence electrons. The van der Waals surface area contributed by atoms with E-state index in [1.165, 1.54) is 50.1 Å². The summed E-state index contributed by atoms with van der Waals surface area (Å²) in [4.78, 5) is 32.7. The fourth-order valence-corrected chi connectivity index (χ4v) is 8.31. The number of aromatic nitrogens is 6. The lowest BCUT2D eigenvalue weighted by atomic mass is 9.93. The topological polar surface area (TPSA) is 77.3 Å². The Hall–Kier alpha value is -7.44. The van der Waals surface area contributed by atoms with Gasteiger partial charge >= 0.3 is 0 Å². The number of fused-ring (bicyclic) bond motifs is 3. The lowest BCUT2D eigenvalue weighted by molar-refractivity contribution is 1.24. The van der Waals surface area contributed by atoms with Crippen molar-refractivity contribution in [2.75, 3.05) is 0 Å². The molecule has 0 saturated heterocycles. The Morgan fingerprint density at radius 3 is 0.571 bits per heavy atom. The van der Waals surface area contributed by atoms with Crippen molar-refractivity contribution in [1.82, 2.24) is 29.9 Å². The second-order valence-corrected chi connectivity index (χ2v) is 17.4. The molecule has 0 bridgehead atoms. The van der Waals surface area contributed by atoms with Gasteiger partial charge in [-0.25, -0.2) is 29.9 Å². The van der Waals surface area contributed by atoms with Gasteiger partial charge in [-0.1, -0.05) is 89.5 Å². The van der Waals surface area contributed by atoms with E-state index in [-0.39, 0.29) is 0 Å². The van der Waals surface area contributed by atoms with Crippen molar-refractivity contribution in [3.63, 3.8) is 0 Å². The fraction of sp³-hybridized carbons (Fsp3) is 0.158.